The van der Waals surface area contributed by atoms with Gasteiger partial charge in [-0.3, -0.25) is 4.79 Å². The summed E-state index contributed by atoms with van der Waals surface area (Å²) in [7, 11) is 0. The third kappa shape index (κ3) is 3.49. The number of carbonyl (C=O) groups is 1. The zero-order valence-corrected chi connectivity index (χ0v) is 15.4. The van der Waals surface area contributed by atoms with Crippen molar-refractivity contribution in [3.05, 3.63) is 83.8 Å². The molecule has 1 aromatic heterocycles. The zero-order chi connectivity index (χ0) is 19.5. The molecule has 0 unspecified atom stereocenters. The highest BCUT2D eigenvalue weighted by Crippen LogP contribution is 2.35. The average molecular weight is 376 g/mol. The molecule has 0 saturated heterocycles. The van der Waals surface area contributed by atoms with Gasteiger partial charge in [-0.15, -0.1) is 0 Å². The molecule has 1 amide bonds. The lowest BCUT2D eigenvalue weighted by atomic mass is 9.98. The normalized spacial score (nSPS) is 16.1. The van der Waals surface area contributed by atoms with E-state index in [0.29, 0.717) is 13.0 Å². The van der Waals surface area contributed by atoms with E-state index in [1.54, 1.807) is 30.3 Å². The zero-order valence-electron chi connectivity index (χ0n) is 15.4. The monoisotopic (exact) mass is 376 g/mol. The molecule has 1 N–H and O–H groups in total. The molecule has 1 aliphatic heterocycles. The van der Waals surface area contributed by atoms with Crippen molar-refractivity contribution in [2.24, 2.45) is 5.10 Å². The Kier molecular flexibility index (Phi) is 4.85. The summed E-state index contributed by atoms with van der Waals surface area (Å²) in [4.78, 5) is 12.9. The third-order valence-electron chi connectivity index (χ3n) is 4.60. The molecule has 2 aromatic carbocycles. The van der Waals surface area contributed by atoms with Crippen molar-refractivity contribution in [1.82, 2.24) is 5.01 Å². The van der Waals surface area contributed by atoms with E-state index in [9.17, 15) is 9.90 Å². The summed E-state index contributed by atoms with van der Waals surface area (Å²) in [5.74, 6) is 0.844. The molecular formula is C22H20N2O4. The van der Waals surface area contributed by atoms with Gasteiger partial charge in [-0.1, -0.05) is 12.1 Å². The topological polar surface area (TPSA) is 75.3 Å². The van der Waals surface area contributed by atoms with Crippen LogP contribution in [-0.2, 0) is 0 Å². The molecule has 0 saturated carbocycles. The van der Waals surface area contributed by atoms with Crippen LogP contribution in [0.5, 0.6) is 11.5 Å². The van der Waals surface area contributed by atoms with Gasteiger partial charge in [-0.05, 0) is 66.6 Å². The van der Waals surface area contributed by atoms with Gasteiger partial charge >= 0.3 is 5.91 Å². The number of phenolic OH excluding ortho intramolecular Hbond substituents is 1. The fraction of sp³-hybridized carbons (Fsp3) is 0.182. The Morgan fingerprint density at radius 3 is 2.71 bits per heavy atom. The van der Waals surface area contributed by atoms with Crippen molar-refractivity contribution in [2.45, 2.75) is 19.4 Å². The van der Waals surface area contributed by atoms with E-state index in [4.69, 9.17) is 9.15 Å². The van der Waals surface area contributed by atoms with E-state index in [-0.39, 0.29) is 23.5 Å². The van der Waals surface area contributed by atoms with E-state index >= 15 is 0 Å². The predicted molar refractivity (Wildman–Crippen MR) is 104 cm³/mol. The fourth-order valence-corrected chi connectivity index (χ4v) is 3.29. The average Bonchev–Trinajstić information content (AvgIpc) is 3.39. The Hall–Kier alpha value is -3.54. The predicted octanol–water partition coefficient (Wildman–Crippen LogP) is 4.38. The molecular weight excluding hydrogens is 356 g/mol. The van der Waals surface area contributed by atoms with Crippen LogP contribution in [0.3, 0.4) is 0 Å². The summed E-state index contributed by atoms with van der Waals surface area (Å²) in [6.45, 7) is 2.54. The van der Waals surface area contributed by atoms with Crippen LogP contribution in [0.2, 0.25) is 0 Å². The summed E-state index contributed by atoms with van der Waals surface area (Å²) in [6, 6.07) is 17.5. The Bertz CT molecular complexity index is 994. The standard InChI is InChI=1S/C22H20N2O4/c1-2-27-18-10-8-15(9-11-18)19-14-20(16-5-3-6-17(25)13-16)24(23-19)22(26)21-7-4-12-28-21/h3-13,20,25H,2,14H2,1H3/t20-/m0/s1. The van der Waals surface area contributed by atoms with Gasteiger partial charge in [0.05, 0.1) is 24.6 Å². The Morgan fingerprint density at radius 2 is 2.04 bits per heavy atom. The van der Waals surface area contributed by atoms with Crippen LogP contribution < -0.4 is 4.74 Å². The second-order valence-electron chi connectivity index (χ2n) is 6.45. The summed E-state index contributed by atoms with van der Waals surface area (Å²) in [5.41, 5.74) is 2.52. The van der Waals surface area contributed by atoms with Crippen LogP contribution in [0.25, 0.3) is 0 Å². The van der Waals surface area contributed by atoms with Crippen molar-refractivity contribution in [3.8, 4) is 11.5 Å². The minimum absolute atomic E-state index is 0.150. The number of hydrazone groups is 1. The van der Waals surface area contributed by atoms with Crippen LogP contribution in [0.1, 0.15) is 41.1 Å². The van der Waals surface area contributed by atoms with Crippen LogP contribution in [0.15, 0.2) is 76.4 Å². The van der Waals surface area contributed by atoms with Crippen molar-refractivity contribution >= 4 is 11.6 Å². The van der Waals surface area contributed by atoms with E-state index in [1.807, 2.05) is 37.3 Å². The fourth-order valence-electron chi connectivity index (χ4n) is 3.29. The maximum Gasteiger partial charge on any atom is 0.310 e. The number of benzene rings is 2. The number of amides is 1. The first-order valence-corrected chi connectivity index (χ1v) is 9.12. The van der Waals surface area contributed by atoms with Crippen molar-refractivity contribution in [2.75, 3.05) is 6.61 Å². The van der Waals surface area contributed by atoms with Crippen molar-refractivity contribution in [1.29, 1.82) is 0 Å². The minimum atomic E-state index is -0.328. The first kappa shape index (κ1) is 17.9. The quantitative estimate of drug-likeness (QED) is 0.717. The SMILES string of the molecule is CCOc1ccc(C2=NN(C(=O)c3ccco3)[C@H](c3cccc(O)c3)C2)cc1. The highest BCUT2D eigenvalue weighted by atomic mass is 16.5. The van der Waals surface area contributed by atoms with Gasteiger partial charge in [-0.2, -0.15) is 5.10 Å². The van der Waals surface area contributed by atoms with Crippen LogP contribution in [-0.4, -0.2) is 28.3 Å². The maximum absolute atomic E-state index is 12.9. The smallest absolute Gasteiger partial charge is 0.310 e. The van der Waals surface area contributed by atoms with Gasteiger partial charge in [0, 0.05) is 6.42 Å². The molecule has 0 spiro atoms. The molecule has 1 atom stereocenters. The second-order valence-corrected chi connectivity index (χ2v) is 6.45. The van der Waals surface area contributed by atoms with E-state index in [1.165, 1.54) is 11.3 Å². The Morgan fingerprint density at radius 1 is 1.21 bits per heavy atom. The highest BCUT2D eigenvalue weighted by molar-refractivity contribution is 6.04. The molecule has 0 radical (unpaired) electrons. The molecule has 142 valence electrons. The van der Waals surface area contributed by atoms with E-state index in [2.05, 4.69) is 5.10 Å². The molecule has 6 nitrogen and oxygen atoms in total. The molecule has 0 fully saturated rings. The van der Waals surface area contributed by atoms with E-state index in [0.717, 1.165) is 22.6 Å². The van der Waals surface area contributed by atoms with Gasteiger partial charge in [0.15, 0.2) is 5.76 Å². The van der Waals surface area contributed by atoms with Crippen LogP contribution in [0, 0.1) is 0 Å². The number of hydrogen-bond donors (Lipinski definition) is 1. The number of phenols is 1. The maximum atomic E-state index is 12.9. The van der Waals surface area contributed by atoms with Gasteiger partial charge in [0.25, 0.3) is 0 Å². The Balaban J connectivity index is 1.68. The number of furan rings is 1. The highest BCUT2D eigenvalue weighted by Gasteiger charge is 2.34. The first-order valence-electron chi connectivity index (χ1n) is 9.12. The number of hydrogen-bond acceptors (Lipinski definition) is 5. The van der Waals surface area contributed by atoms with Crippen LogP contribution in [0.4, 0.5) is 0 Å². The summed E-state index contributed by atoms with van der Waals surface area (Å²) in [6.07, 6.45) is 1.99. The van der Waals surface area contributed by atoms with Gasteiger partial charge in [0.1, 0.15) is 11.5 Å². The molecule has 2 heterocycles. The van der Waals surface area contributed by atoms with Crippen molar-refractivity contribution in [3.63, 3.8) is 0 Å². The van der Waals surface area contributed by atoms with E-state index < -0.39 is 0 Å². The lowest BCUT2D eigenvalue weighted by molar-refractivity contribution is 0.0678. The molecule has 3 aromatic rings. The summed E-state index contributed by atoms with van der Waals surface area (Å²) < 4.78 is 10.8. The largest absolute Gasteiger partial charge is 0.508 e. The molecule has 0 aliphatic carbocycles. The molecule has 6 heteroatoms. The number of ether oxygens (including phenoxy) is 1. The van der Waals surface area contributed by atoms with Crippen molar-refractivity contribution < 1.29 is 19.1 Å². The third-order valence-corrected chi connectivity index (χ3v) is 4.60. The number of rotatable bonds is 5. The number of carbonyl (C=O) groups excluding carboxylic acids is 1. The van der Waals surface area contributed by atoms with Gasteiger partial charge < -0.3 is 14.3 Å². The number of nitrogens with zero attached hydrogens (tertiary/aromatic N) is 2. The van der Waals surface area contributed by atoms with Gasteiger partial charge in [-0.25, -0.2) is 5.01 Å². The Labute approximate surface area is 162 Å². The summed E-state index contributed by atoms with van der Waals surface area (Å²) >= 11 is 0. The summed E-state index contributed by atoms with van der Waals surface area (Å²) in [5, 5.41) is 15.9. The molecule has 0 bridgehead atoms. The molecule has 1 aliphatic rings. The number of aromatic hydroxyl groups is 1. The first-order chi connectivity index (χ1) is 13.7. The minimum Gasteiger partial charge on any atom is -0.508 e. The molecule has 28 heavy (non-hydrogen) atoms. The lowest BCUT2D eigenvalue weighted by Gasteiger charge is -2.21. The lowest BCUT2D eigenvalue weighted by Crippen LogP contribution is -2.26. The van der Waals surface area contributed by atoms with Gasteiger partial charge in [0.2, 0.25) is 0 Å². The molecule has 4 rings (SSSR count). The second kappa shape index (κ2) is 7.60. The van der Waals surface area contributed by atoms with Crippen LogP contribution >= 0.6 is 0 Å².